The highest BCUT2D eigenvalue weighted by Crippen LogP contribution is 2.21. The second kappa shape index (κ2) is 5.26. The Morgan fingerprint density at radius 2 is 1.94 bits per heavy atom. The van der Waals surface area contributed by atoms with Gasteiger partial charge in [0.05, 0.1) is 4.90 Å². The van der Waals surface area contributed by atoms with Gasteiger partial charge in [0, 0.05) is 31.4 Å². The summed E-state index contributed by atoms with van der Waals surface area (Å²) in [5, 5.41) is 0. The van der Waals surface area contributed by atoms with Crippen molar-refractivity contribution in [3.8, 4) is 0 Å². The Labute approximate surface area is 108 Å². The van der Waals surface area contributed by atoms with Gasteiger partial charge in [-0.05, 0) is 30.7 Å². The van der Waals surface area contributed by atoms with Crippen LogP contribution in [0.15, 0.2) is 29.2 Å². The Balaban J connectivity index is 2.07. The van der Waals surface area contributed by atoms with Crippen LogP contribution in [0.2, 0.25) is 0 Å². The van der Waals surface area contributed by atoms with E-state index in [9.17, 15) is 8.42 Å². The average Bonchev–Trinajstić information content (AvgIpc) is 2.33. The van der Waals surface area contributed by atoms with E-state index in [0.717, 1.165) is 25.2 Å². The lowest BCUT2D eigenvalue weighted by atomic mass is 10.1. The van der Waals surface area contributed by atoms with Gasteiger partial charge < -0.3 is 10.6 Å². The van der Waals surface area contributed by atoms with Crippen molar-refractivity contribution in [2.45, 2.75) is 24.3 Å². The Bertz CT molecular complexity index is 493. The summed E-state index contributed by atoms with van der Waals surface area (Å²) >= 11 is 0. The molecule has 0 atom stereocenters. The summed E-state index contributed by atoms with van der Waals surface area (Å²) in [5.41, 5.74) is 6.73. The number of anilines is 1. The molecule has 5 nitrogen and oxygen atoms in total. The summed E-state index contributed by atoms with van der Waals surface area (Å²) in [5.74, 6) is 0. The van der Waals surface area contributed by atoms with Crippen molar-refractivity contribution in [2.24, 2.45) is 5.73 Å². The Morgan fingerprint density at radius 1 is 1.33 bits per heavy atom. The minimum absolute atomic E-state index is 0.236. The molecule has 100 valence electrons. The minimum atomic E-state index is -3.36. The first-order valence-corrected chi connectivity index (χ1v) is 7.61. The fourth-order valence-corrected chi connectivity index (χ4v) is 3.01. The van der Waals surface area contributed by atoms with E-state index >= 15 is 0 Å². The van der Waals surface area contributed by atoms with Gasteiger partial charge in [-0.1, -0.05) is 6.92 Å². The van der Waals surface area contributed by atoms with Crippen LogP contribution in [0.1, 0.15) is 13.3 Å². The largest absolute Gasteiger partial charge is 0.368 e. The van der Waals surface area contributed by atoms with Gasteiger partial charge in [0.15, 0.2) is 0 Å². The number of hydrogen-bond donors (Lipinski definition) is 2. The first kappa shape index (κ1) is 13.3. The summed E-state index contributed by atoms with van der Waals surface area (Å²) in [6.45, 7) is 4.06. The molecule has 0 radical (unpaired) electrons. The van der Waals surface area contributed by atoms with Crippen LogP contribution < -0.4 is 15.4 Å². The summed E-state index contributed by atoms with van der Waals surface area (Å²) in [6.07, 6.45) is 0.781. The van der Waals surface area contributed by atoms with Crippen molar-refractivity contribution in [2.75, 3.05) is 24.5 Å². The lowest BCUT2D eigenvalue weighted by Crippen LogP contribution is -2.55. The molecule has 0 unspecified atom stereocenters. The van der Waals surface area contributed by atoms with Crippen LogP contribution >= 0.6 is 0 Å². The Morgan fingerprint density at radius 3 is 2.44 bits per heavy atom. The van der Waals surface area contributed by atoms with Crippen molar-refractivity contribution in [1.82, 2.24) is 4.72 Å². The molecule has 0 spiro atoms. The molecular formula is C12H19N3O2S. The lowest BCUT2D eigenvalue weighted by Gasteiger charge is -2.38. The standard InChI is InChI=1S/C12H19N3O2S/c1-2-7-14-18(16,17)12-5-3-11(4-6-12)15-8-10(13)9-15/h3-6,10,14H,2,7-9,13H2,1H3. The molecular weight excluding hydrogens is 250 g/mol. The van der Waals surface area contributed by atoms with Crippen molar-refractivity contribution in [3.05, 3.63) is 24.3 Å². The Kier molecular flexibility index (Phi) is 3.89. The van der Waals surface area contributed by atoms with E-state index in [1.54, 1.807) is 12.1 Å². The van der Waals surface area contributed by atoms with E-state index in [1.165, 1.54) is 0 Å². The van der Waals surface area contributed by atoms with Crippen LogP contribution in [0.25, 0.3) is 0 Å². The van der Waals surface area contributed by atoms with Crippen molar-refractivity contribution in [3.63, 3.8) is 0 Å². The highest BCUT2D eigenvalue weighted by Gasteiger charge is 2.23. The number of rotatable bonds is 5. The number of nitrogens with one attached hydrogen (secondary N) is 1. The normalized spacial score (nSPS) is 16.7. The molecule has 18 heavy (non-hydrogen) atoms. The van der Waals surface area contributed by atoms with Gasteiger partial charge >= 0.3 is 0 Å². The summed E-state index contributed by atoms with van der Waals surface area (Å²) in [6, 6.07) is 7.16. The predicted octanol–water partition coefficient (Wildman–Crippen LogP) is 0.522. The first-order valence-electron chi connectivity index (χ1n) is 6.13. The maximum absolute atomic E-state index is 11.9. The van der Waals surface area contributed by atoms with Crippen molar-refractivity contribution >= 4 is 15.7 Å². The first-order chi connectivity index (χ1) is 8.53. The summed E-state index contributed by atoms with van der Waals surface area (Å²) in [7, 11) is -3.36. The maximum atomic E-state index is 11.9. The molecule has 1 saturated heterocycles. The molecule has 1 aromatic carbocycles. The molecule has 1 aliphatic rings. The maximum Gasteiger partial charge on any atom is 0.240 e. The van der Waals surface area contributed by atoms with Crippen LogP contribution in [-0.4, -0.2) is 34.1 Å². The van der Waals surface area contributed by atoms with Crippen LogP contribution in [0.4, 0.5) is 5.69 Å². The second-order valence-corrected chi connectivity index (χ2v) is 6.32. The van der Waals surface area contributed by atoms with E-state index < -0.39 is 10.0 Å². The lowest BCUT2D eigenvalue weighted by molar-refractivity contribution is 0.519. The summed E-state index contributed by atoms with van der Waals surface area (Å²) < 4.78 is 26.3. The average molecular weight is 269 g/mol. The van der Waals surface area contributed by atoms with Crippen LogP contribution in [0, 0.1) is 0 Å². The van der Waals surface area contributed by atoms with Gasteiger partial charge in [0.25, 0.3) is 0 Å². The Hall–Kier alpha value is -1.11. The fraction of sp³-hybridized carbons (Fsp3) is 0.500. The zero-order valence-corrected chi connectivity index (χ0v) is 11.3. The number of nitrogens with zero attached hydrogens (tertiary/aromatic N) is 1. The molecule has 1 aliphatic heterocycles. The molecule has 0 amide bonds. The molecule has 1 aromatic rings. The van der Waals surface area contributed by atoms with Gasteiger partial charge in [-0.3, -0.25) is 0 Å². The van der Waals surface area contributed by atoms with E-state index in [0.29, 0.717) is 11.4 Å². The third-order valence-corrected chi connectivity index (χ3v) is 4.44. The van der Waals surface area contributed by atoms with Gasteiger partial charge in [-0.2, -0.15) is 0 Å². The van der Waals surface area contributed by atoms with Gasteiger partial charge in [0.1, 0.15) is 0 Å². The minimum Gasteiger partial charge on any atom is -0.368 e. The molecule has 0 aromatic heterocycles. The van der Waals surface area contributed by atoms with E-state index in [4.69, 9.17) is 5.73 Å². The zero-order chi connectivity index (χ0) is 13.2. The molecule has 3 N–H and O–H groups in total. The number of benzene rings is 1. The van der Waals surface area contributed by atoms with Crippen molar-refractivity contribution < 1.29 is 8.42 Å². The second-order valence-electron chi connectivity index (χ2n) is 4.56. The van der Waals surface area contributed by atoms with E-state index in [2.05, 4.69) is 9.62 Å². The van der Waals surface area contributed by atoms with Gasteiger partial charge in [-0.25, -0.2) is 13.1 Å². The molecule has 1 fully saturated rings. The predicted molar refractivity (Wildman–Crippen MR) is 72.1 cm³/mol. The smallest absolute Gasteiger partial charge is 0.240 e. The van der Waals surface area contributed by atoms with Crippen LogP contribution in [0.5, 0.6) is 0 Å². The molecule has 2 rings (SSSR count). The molecule has 6 heteroatoms. The summed E-state index contributed by atoms with van der Waals surface area (Å²) in [4.78, 5) is 2.44. The SMILES string of the molecule is CCCNS(=O)(=O)c1ccc(N2CC(N)C2)cc1. The van der Waals surface area contributed by atoms with Crippen LogP contribution in [0.3, 0.4) is 0 Å². The number of sulfonamides is 1. The number of nitrogens with two attached hydrogens (primary N) is 1. The topological polar surface area (TPSA) is 75.4 Å². The third-order valence-electron chi connectivity index (χ3n) is 2.96. The third kappa shape index (κ3) is 2.82. The van der Waals surface area contributed by atoms with Gasteiger partial charge in [0.2, 0.25) is 10.0 Å². The molecule has 0 aliphatic carbocycles. The fourth-order valence-electron chi connectivity index (χ4n) is 1.88. The molecule has 0 saturated carbocycles. The van der Waals surface area contributed by atoms with Crippen LogP contribution in [-0.2, 0) is 10.0 Å². The van der Waals surface area contributed by atoms with E-state index in [1.807, 2.05) is 19.1 Å². The molecule has 0 bridgehead atoms. The quantitative estimate of drug-likeness (QED) is 0.817. The highest BCUT2D eigenvalue weighted by molar-refractivity contribution is 7.89. The van der Waals surface area contributed by atoms with E-state index in [-0.39, 0.29) is 6.04 Å². The number of hydrogen-bond acceptors (Lipinski definition) is 4. The monoisotopic (exact) mass is 269 g/mol. The van der Waals surface area contributed by atoms with Crippen molar-refractivity contribution in [1.29, 1.82) is 0 Å². The molecule has 1 heterocycles. The highest BCUT2D eigenvalue weighted by atomic mass is 32.2. The van der Waals surface area contributed by atoms with Gasteiger partial charge in [-0.15, -0.1) is 0 Å². The zero-order valence-electron chi connectivity index (χ0n) is 10.5.